The van der Waals surface area contributed by atoms with Gasteiger partial charge in [-0.2, -0.15) is 0 Å². The van der Waals surface area contributed by atoms with E-state index in [-0.39, 0.29) is 18.4 Å². The Balaban J connectivity index is 2.82. The van der Waals surface area contributed by atoms with E-state index in [0.717, 1.165) is 0 Å². The number of carbonyl (C=O) groups excluding carboxylic acids is 2. The molecule has 1 rings (SSSR count). The van der Waals surface area contributed by atoms with Gasteiger partial charge < -0.3 is 10.2 Å². The molecule has 0 saturated heterocycles. The Labute approximate surface area is 108 Å². The van der Waals surface area contributed by atoms with Gasteiger partial charge in [0.25, 0.3) is 5.91 Å². The van der Waals surface area contributed by atoms with E-state index >= 15 is 0 Å². The number of hydrogen-bond acceptors (Lipinski definition) is 3. The van der Waals surface area contributed by atoms with E-state index in [0.29, 0.717) is 16.8 Å². The molecule has 1 heterocycles. The Morgan fingerprint density at radius 3 is 2.71 bits per heavy atom. The molecule has 0 atom stereocenters. The first-order chi connectivity index (χ1) is 8.08. The van der Waals surface area contributed by atoms with Crippen LogP contribution in [0.2, 0.25) is 0 Å². The van der Waals surface area contributed by atoms with Crippen LogP contribution in [0.25, 0.3) is 0 Å². The van der Waals surface area contributed by atoms with Crippen molar-refractivity contribution in [3.63, 3.8) is 0 Å². The molecular weight excluding hydrogens is 286 g/mol. The third-order valence-electron chi connectivity index (χ3n) is 2.22. The number of rotatable bonds is 4. The van der Waals surface area contributed by atoms with Crippen LogP contribution in [-0.2, 0) is 4.79 Å². The smallest absolute Gasteiger partial charge is 0.272 e. The second-order valence-corrected chi connectivity index (χ2v) is 4.15. The van der Waals surface area contributed by atoms with Gasteiger partial charge in [0.2, 0.25) is 5.91 Å². The predicted molar refractivity (Wildman–Crippen MR) is 67.6 cm³/mol. The van der Waals surface area contributed by atoms with Crippen molar-refractivity contribution >= 4 is 27.7 Å². The zero-order valence-corrected chi connectivity index (χ0v) is 11.3. The van der Waals surface area contributed by atoms with Gasteiger partial charge in [-0.15, -0.1) is 0 Å². The van der Waals surface area contributed by atoms with Crippen molar-refractivity contribution in [1.82, 2.24) is 15.2 Å². The summed E-state index contributed by atoms with van der Waals surface area (Å²) in [6.45, 7) is 2.32. The first-order valence-corrected chi connectivity index (χ1v) is 6.00. The van der Waals surface area contributed by atoms with Crippen LogP contribution in [0.3, 0.4) is 0 Å². The predicted octanol–water partition coefficient (Wildman–Crippen LogP) is 1.05. The third-order valence-corrected chi connectivity index (χ3v) is 2.66. The van der Waals surface area contributed by atoms with Crippen molar-refractivity contribution in [1.29, 1.82) is 0 Å². The molecule has 0 unspecified atom stereocenters. The van der Waals surface area contributed by atoms with Crippen LogP contribution in [-0.4, -0.2) is 41.8 Å². The molecule has 6 heteroatoms. The normalized spacial score (nSPS) is 9.82. The Morgan fingerprint density at radius 1 is 1.47 bits per heavy atom. The van der Waals surface area contributed by atoms with Crippen molar-refractivity contribution in [2.75, 3.05) is 20.1 Å². The van der Waals surface area contributed by atoms with Gasteiger partial charge in [0, 0.05) is 13.6 Å². The van der Waals surface area contributed by atoms with Gasteiger partial charge in [-0.25, -0.2) is 4.98 Å². The number of carbonyl (C=O) groups is 2. The number of halogens is 1. The molecule has 0 spiro atoms. The highest BCUT2D eigenvalue weighted by molar-refractivity contribution is 9.10. The second-order valence-electron chi connectivity index (χ2n) is 3.34. The van der Waals surface area contributed by atoms with Crippen LogP contribution in [0.1, 0.15) is 17.4 Å². The quantitative estimate of drug-likeness (QED) is 0.846. The van der Waals surface area contributed by atoms with Gasteiger partial charge in [-0.1, -0.05) is 6.07 Å². The lowest BCUT2D eigenvalue weighted by atomic mass is 10.3. The average Bonchev–Trinajstić information content (AvgIpc) is 2.34. The molecule has 2 amide bonds. The standard InChI is InChI=1S/C11H14BrN3O2/c1-3-15(7-10(16)13-2)11(17)8-5-4-6-9(12)14-8/h4-6H,3,7H2,1-2H3,(H,13,16). The van der Waals surface area contributed by atoms with E-state index in [2.05, 4.69) is 26.2 Å². The summed E-state index contributed by atoms with van der Waals surface area (Å²) >= 11 is 3.20. The highest BCUT2D eigenvalue weighted by Gasteiger charge is 2.17. The minimum atomic E-state index is -0.252. The number of pyridine rings is 1. The first-order valence-electron chi connectivity index (χ1n) is 5.21. The molecule has 0 aliphatic rings. The van der Waals surface area contributed by atoms with E-state index < -0.39 is 0 Å². The van der Waals surface area contributed by atoms with Crippen LogP contribution >= 0.6 is 15.9 Å². The van der Waals surface area contributed by atoms with Crippen molar-refractivity contribution in [2.45, 2.75) is 6.92 Å². The topological polar surface area (TPSA) is 62.3 Å². The van der Waals surface area contributed by atoms with Crippen molar-refractivity contribution in [3.05, 3.63) is 28.5 Å². The summed E-state index contributed by atoms with van der Waals surface area (Å²) in [5.41, 5.74) is 0.324. The van der Waals surface area contributed by atoms with Gasteiger partial charge in [-0.05, 0) is 35.0 Å². The molecule has 17 heavy (non-hydrogen) atoms. The van der Waals surface area contributed by atoms with Crippen LogP contribution in [0.15, 0.2) is 22.8 Å². The molecule has 1 N–H and O–H groups in total. The fourth-order valence-electron chi connectivity index (χ4n) is 1.27. The zero-order chi connectivity index (χ0) is 12.8. The van der Waals surface area contributed by atoms with E-state index in [1.807, 2.05) is 6.92 Å². The lowest BCUT2D eigenvalue weighted by molar-refractivity contribution is -0.121. The Kier molecular flexibility index (Phi) is 5.09. The molecule has 92 valence electrons. The number of amides is 2. The number of nitrogens with zero attached hydrogens (tertiary/aromatic N) is 2. The lowest BCUT2D eigenvalue weighted by Crippen LogP contribution is -2.39. The highest BCUT2D eigenvalue weighted by Crippen LogP contribution is 2.08. The molecule has 0 bridgehead atoms. The second kappa shape index (κ2) is 6.34. The van der Waals surface area contributed by atoms with E-state index in [9.17, 15) is 9.59 Å². The largest absolute Gasteiger partial charge is 0.358 e. The molecule has 0 aromatic carbocycles. The molecule has 1 aromatic rings. The van der Waals surface area contributed by atoms with E-state index in [4.69, 9.17) is 0 Å². The number of hydrogen-bond donors (Lipinski definition) is 1. The summed E-state index contributed by atoms with van der Waals surface area (Å²) in [5.74, 6) is -0.451. The summed E-state index contributed by atoms with van der Waals surface area (Å²) in [7, 11) is 1.54. The summed E-state index contributed by atoms with van der Waals surface area (Å²) in [4.78, 5) is 28.8. The minimum Gasteiger partial charge on any atom is -0.358 e. The maximum atomic E-state index is 12.0. The van der Waals surface area contributed by atoms with Gasteiger partial charge in [0.1, 0.15) is 10.3 Å². The monoisotopic (exact) mass is 299 g/mol. The molecule has 1 aromatic heterocycles. The van der Waals surface area contributed by atoms with Gasteiger partial charge in [0.15, 0.2) is 0 Å². The SMILES string of the molecule is CCN(CC(=O)NC)C(=O)c1cccc(Br)n1. The Bertz CT molecular complexity index is 423. The molecule has 5 nitrogen and oxygen atoms in total. The highest BCUT2D eigenvalue weighted by atomic mass is 79.9. The van der Waals surface area contributed by atoms with Gasteiger partial charge >= 0.3 is 0 Å². The fraction of sp³-hybridized carbons (Fsp3) is 0.364. The number of likely N-dealkylation sites (N-methyl/N-ethyl adjacent to an activating group) is 2. The lowest BCUT2D eigenvalue weighted by Gasteiger charge is -2.19. The summed E-state index contributed by atoms with van der Waals surface area (Å²) < 4.78 is 0.597. The van der Waals surface area contributed by atoms with Crippen LogP contribution in [0, 0.1) is 0 Å². The molecular formula is C11H14BrN3O2. The maximum Gasteiger partial charge on any atom is 0.272 e. The summed E-state index contributed by atoms with van der Waals surface area (Å²) in [6.07, 6.45) is 0. The maximum absolute atomic E-state index is 12.0. The van der Waals surface area contributed by atoms with Crippen LogP contribution < -0.4 is 5.32 Å². The van der Waals surface area contributed by atoms with Gasteiger partial charge in [0.05, 0.1) is 6.54 Å². The number of nitrogens with one attached hydrogen (secondary N) is 1. The summed E-state index contributed by atoms with van der Waals surface area (Å²) in [5, 5.41) is 2.48. The first kappa shape index (κ1) is 13.6. The molecule has 0 saturated carbocycles. The minimum absolute atomic E-state index is 0.0417. The van der Waals surface area contributed by atoms with E-state index in [1.165, 1.54) is 11.9 Å². The fourth-order valence-corrected chi connectivity index (χ4v) is 1.61. The van der Waals surface area contributed by atoms with Crippen molar-refractivity contribution in [2.24, 2.45) is 0 Å². The van der Waals surface area contributed by atoms with E-state index in [1.54, 1.807) is 18.2 Å². The van der Waals surface area contributed by atoms with Crippen LogP contribution in [0.4, 0.5) is 0 Å². The third kappa shape index (κ3) is 3.81. The zero-order valence-electron chi connectivity index (χ0n) is 9.74. The number of aromatic nitrogens is 1. The van der Waals surface area contributed by atoms with Crippen molar-refractivity contribution in [3.8, 4) is 0 Å². The summed E-state index contributed by atoms with van der Waals surface area (Å²) in [6, 6.07) is 5.10. The van der Waals surface area contributed by atoms with Crippen LogP contribution in [0.5, 0.6) is 0 Å². The van der Waals surface area contributed by atoms with Crippen molar-refractivity contribution < 1.29 is 9.59 Å². The molecule has 0 aliphatic heterocycles. The molecule has 0 fully saturated rings. The molecule has 0 radical (unpaired) electrons. The average molecular weight is 300 g/mol. The Hall–Kier alpha value is -1.43. The Morgan fingerprint density at radius 2 is 2.18 bits per heavy atom. The molecule has 0 aliphatic carbocycles. The van der Waals surface area contributed by atoms with Gasteiger partial charge in [-0.3, -0.25) is 9.59 Å².